The third kappa shape index (κ3) is 6.02. The Bertz CT molecular complexity index is 756. The fourth-order valence-corrected chi connectivity index (χ4v) is 3.20. The van der Waals surface area contributed by atoms with Crippen LogP contribution in [0.3, 0.4) is 0 Å². The summed E-state index contributed by atoms with van der Waals surface area (Å²) in [4.78, 5) is 15.1. The Morgan fingerprint density at radius 3 is 2.70 bits per heavy atom. The molecule has 0 spiro atoms. The van der Waals surface area contributed by atoms with Crippen molar-refractivity contribution in [1.82, 2.24) is 30.4 Å². The Balaban J connectivity index is 2.17. The van der Waals surface area contributed by atoms with Gasteiger partial charge in [-0.3, -0.25) is 4.79 Å². The summed E-state index contributed by atoms with van der Waals surface area (Å²) in [5, 5.41) is 14.7. The summed E-state index contributed by atoms with van der Waals surface area (Å²) in [7, 11) is 5.68. The predicted octanol–water partition coefficient (Wildman–Crippen LogP) is 1.48. The van der Waals surface area contributed by atoms with Crippen LogP contribution in [0.2, 0.25) is 0 Å². The molecule has 1 atom stereocenters. The molecule has 0 aliphatic carbocycles. The normalized spacial score (nSPS) is 12.9. The van der Waals surface area contributed by atoms with Crippen LogP contribution in [0.4, 0.5) is 0 Å². The highest BCUT2D eigenvalue weighted by Crippen LogP contribution is 2.20. The van der Waals surface area contributed by atoms with E-state index in [0.717, 1.165) is 17.9 Å². The first-order valence-electron chi connectivity index (χ1n) is 9.02. The first kappa shape index (κ1) is 20.8. The first-order valence-corrected chi connectivity index (χ1v) is 9.02. The van der Waals surface area contributed by atoms with Crippen LogP contribution in [0.5, 0.6) is 5.75 Å². The number of tetrazole rings is 1. The van der Waals surface area contributed by atoms with E-state index in [0.29, 0.717) is 18.8 Å². The van der Waals surface area contributed by atoms with Gasteiger partial charge in [0.25, 0.3) is 0 Å². The molecule has 0 fully saturated rings. The highest BCUT2D eigenvalue weighted by atomic mass is 16.5. The number of ether oxygens (including phenoxy) is 1. The SMILES string of the molecule is COc1cccc(CC(C(=O)NCC(C)(C)CN(C)C)n2nnnc2C)c1. The van der Waals surface area contributed by atoms with Gasteiger partial charge in [0.15, 0.2) is 0 Å². The zero-order valence-corrected chi connectivity index (χ0v) is 17.1. The quantitative estimate of drug-likeness (QED) is 0.716. The summed E-state index contributed by atoms with van der Waals surface area (Å²) in [5.74, 6) is 1.26. The summed E-state index contributed by atoms with van der Waals surface area (Å²) in [6.07, 6.45) is 0.475. The maximum atomic E-state index is 13.0. The molecule has 1 N–H and O–H groups in total. The molecule has 0 aliphatic heterocycles. The van der Waals surface area contributed by atoms with Crippen molar-refractivity contribution in [3.63, 3.8) is 0 Å². The lowest BCUT2D eigenvalue weighted by Gasteiger charge is -2.29. The Labute approximate surface area is 160 Å². The van der Waals surface area contributed by atoms with Crippen molar-refractivity contribution in [3.05, 3.63) is 35.7 Å². The summed E-state index contributed by atoms with van der Waals surface area (Å²) < 4.78 is 6.87. The molecule has 8 heteroatoms. The molecular formula is C19H30N6O2. The van der Waals surface area contributed by atoms with E-state index in [1.807, 2.05) is 38.4 Å². The molecule has 1 amide bonds. The van der Waals surface area contributed by atoms with Gasteiger partial charge in [-0.15, -0.1) is 5.10 Å². The molecular weight excluding hydrogens is 344 g/mol. The van der Waals surface area contributed by atoms with Crippen LogP contribution in [0.15, 0.2) is 24.3 Å². The topological polar surface area (TPSA) is 85.2 Å². The average molecular weight is 374 g/mol. The van der Waals surface area contributed by atoms with Crippen molar-refractivity contribution in [3.8, 4) is 5.75 Å². The van der Waals surface area contributed by atoms with Gasteiger partial charge in [-0.2, -0.15) is 0 Å². The van der Waals surface area contributed by atoms with Crippen molar-refractivity contribution in [2.75, 3.05) is 34.3 Å². The van der Waals surface area contributed by atoms with Gasteiger partial charge in [-0.05, 0) is 54.6 Å². The maximum Gasteiger partial charge on any atom is 0.245 e. The molecule has 148 valence electrons. The molecule has 8 nitrogen and oxygen atoms in total. The van der Waals surface area contributed by atoms with Gasteiger partial charge in [0, 0.05) is 19.5 Å². The number of rotatable bonds is 9. The second kappa shape index (κ2) is 8.94. The first-order chi connectivity index (χ1) is 12.7. The molecule has 0 radical (unpaired) electrons. The molecule has 1 aromatic carbocycles. The zero-order valence-electron chi connectivity index (χ0n) is 17.1. The van der Waals surface area contributed by atoms with E-state index in [9.17, 15) is 4.79 Å². The van der Waals surface area contributed by atoms with Crippen molar-refractivity contribution >= 4 is 5.91 Å². The minimum Gasteiger partial charge on any atom is -0.497 e. The molecule has 1 unspecified atom stereocenters. The Hall–Kier alpha value is -2.48. The van der Waals surface area contributed by atoms with Crippen LogP contribution in [0.1, 0.15) is 31.3 Å². The number of carbonyl (C=O) groups excluding carboxylic acids is 1. The lowest BCUT2D eigenvalue weighted by molar-refractivity contribution is -0.125. The Morgan fingerprint density at radius 2 is 2.11 bits per heavy atom. The van der Waals surface area contributed by atoms with Gasteiger partial charge >= 0.3 is 0 Å². The molecule has 0 saturated carbocycles. The number of carbonyl (C=O) groups is 1. The average Bonchev–Trinajstić information content (AvgIpc) is 3.02. The predicted molar refractivity (Wildman–Crippen MR) is 104 cm³/mol. The molecule has 2 aromatic rings. The fraction of sp³-hybridized carbons (Fsp3) is 0.579. The molecule has 2 rings (SSSR count). The van der Waals surface area contributed by atoms with E-state index in [1.165, 1.54) is 0 Å². The molecule has 27 heavy (non-hydrogen) atoms. The van der Waals surface area contributed by atoms with Gasteiger partial charge in [-0.25, -0.2) is 4.68 Å². The monoisotopic (exact) mass is 374 g/mol. The van der Waals surface area contributed by atoms with E-state index >= 15 is 0 Å². The van der Waals surface area contributed by atoms with Crippen LogP contribution in [-0.4, -0.2) is 65.3 Å². The maximum absolute atomic E-state index is 13.0. The second-order valence-corrected chi connectivity index (χ2v) is 7.86. The minimum atomic E-state index is -0.526. The molecule has 0 saturated heterocycles. The number of methoxy groups -OCH3 is 1. The zero-order chi connectivity index (χ0) is 20.0. The van der Waals surface area contributed by atoms with Gasteiger partial charge in [0.05, 0.1) is 7.11 Å². The number of hydrogen-bond donors (Lipinski definition) is 1. The van der Waals surface area contributed by atoms with E-state index in [4.69, 9.17) is 4.74 Å². The van der Waals surface area contributed by atoms with Crippen LogP contribution in [-0.2, 0) is 11.2 Å². The van der Waals surface area contributed by atoms with Gasteiger partial charge in [0.1, 0.15) is 17.6 Å². The Morgan fingerprint density at radius 1 is 1.37 bits per heavy atom. The smallest absolute Gasteiger partial charge is 0.245 e. The molecule has 0 bridgehead atoms. The van der Waals surface area contributed by atoms with Gasteiger partial charge < -0.3 is 15.0 Å². The summed E-state index contributed by atoms with van der Waals surface area (Å²) in [6.45, 7) is 7.50. The van der Waals surface area contributed by atoms with Crippen molar-refractivity contribution in [2.45, 2.75) is 33.2 Å². The summed E-state index contributed by atoms with van der Waals surface area (Å²) in [6, 6.07) is 7.16. The van der Waals surface area contributed by atoms with Crippen LogP contribution < -0.4 is 10.1 Å². The summed E-state index contributed by atoms with van der Waals surface area (Å²) in [5.41, 5.74) is 0.937. The van der Waals surface area contributed by atoms with Gasteiger partial charge in [0.2, 0.25) is 5.91 Å². The number of aromatic nitrogens is 4. The van der Waals surface area contributed by atoms with E-state index in [-0.39, 0.29) is 11.3 Å². The number of amides is 1. The molecule has 1 heterocycles. The van der Waals surface area contributed by atoms with E-state index in [1.54, 1.807) is 18.7 Å². The van der Waals surface area contributed by atoms with Crippen LogP contribution in [0.25, 0.3) is 0 Å². The van der Waals surface area contributed by atoms with E-state index in [2.05, 4.69) is 39.6 Å². The lowest BCUT2D eigenvalue weighted by atomic mass is 9.92. The number of benzene rings is 1. The molecule has 1 aromatic heterocycles. The number of nitrogens with zero attached hydrogens (tertiary/aromatic N) is 5. The summed E-state index contributed by atoms with van der Waals surface area (Å²) >= 11 is 0. The van der Waals surface area contributed by atoms with Crippen LogP contribution in [0, 0.1) is 12.3 Å². The molecule has 0 aliphatic rings. The fourth-order valence-electron chi connectivity index (χ4n) is 3.20. The van der Waals surface area contributed by atoms with Crippen molar-refractivity contribution in [2.24, 2.45) is 5.41 Å². The highest BCUT2D eigenvalue weighted by molar-refractivity contribution is 5.80. The second-order valence-electron chi connectivity index (χ2n) is 7.86. The highest BCUT2D eigenvalue weighted by Gasteiger charge is 2.27. The van der Waals surface area contributed by atoms with E-state index < -0.39 is 6.04 Å². The Kier molecular flexibility index (Phi) is 6.90. The lowest BCUT2D eigenvalue weighted by Crippen LogP contribution is -2.43. The third-order valence-electron chi connectivity index (χ3n) is 4.30. The van der Waals surface area contributed by atoms with Crippen molar-refractivity contribution < 1.29 is 9.53 Å². The largest absolute Gasteiger partial charge is 0.497 e. The number of aryl methyl sites for hydroxylation is 1. The number of nitrogens with one attached hydrogen (secondary N) is 1. The number of hydrogen-bond acceptors (Lipinski definition) is 6. The van der Waals surface area contributed by atoms with Crippen molar-refractivity contribution in [1.29, 1.82) is 0 Å². The van der Waals surface area contributed by atoms with Gasteiger partial charge in [-0.1, -0.05) is 26.0 Å². The standard InChI is InChI=1S/C19H30N6O2/c1-14-21-22-23-25(14)17(11-15-8-7-9-16(10-15)27-6)18(26)20-12-19(2,3)13-24(4)5/h7-10,17H,11-13H2,1-6H3,(H,20,26). The minimum absolute atomic E-state index is 0.0463. The third-order valence-corrected chi connectivity index (χ3v) is 4.30. The van der Waals surface area contributed by atoms with Crippen LogP contribution >= 0.6 is 0 Å².